The fourth-order valence-electron chi connectivity index (χ4n) is 2.01. The highest BCUT2D eigenvalue weighted by atomic mass is 16.4. The Bertz CT molecular complexity index is 553. The fraction of sp³-hybridized carbons (Fsp3) is 0.667. The smallest absolute Gasteiger partial charge is 0.326 e. The second kappa shape index (κ2) is 11.0. The molecule has 11 heteroatoms. The van der Waals surface area contributed by atoms with E-state index in [2.05, 4.69) is 16.0 Å². The van der Waals surface area contributed by atoms with Crippen molar-refractivity contribution < 1.29 is 29.1 Å². The van der Waals surface area contributed by atoms with Crippen molar-refractivity contribution in [1.82, 2.24) is 16.0 Å². The largest absolute Gasteiger partial charge is 0.480 e. The van der Waals surface area contributed by atoms with E-state index in [4.69, 9.17) is 16.6 Å². The molecule has 0 aliphatic carbocycles. The van der Waals surface area contributed by atoms with Crippen LogP contribution >= 0.6 is 0 Å². The predicted octanol–water partition coefficient (Wildman–Crippen LogP) is -2.57. The molecule has 4 unspecified atom stereocenters. The Kier molecular flexibility index (Phi) is 9.89. The van der Waals surface area contributed by atoms with Crippen molar-refractivity contribution in [3.63, 3.8) is 0 Å². The van der Waals surface area contributed by atoms with E-state index in [-0.39, 0.29) is 12.5 Å². The van der Waals surface area contributed by atoms with Crippen LogP contribution < -0.4 is 27.4 Å². The highest BCUT2D eigenvalue weighted by Gasteiger charge is 2.31. The number of hydrogen-bond donors (Lipinski definition) is 6. The molecular formula is C15H27N5O6. The van der Waals surface area contributed by atoms with Gasteiger partial charge in [-0.1, -0.05) is 20.3 Å². The summed E-state index contributed by atoms with van der Waals surface area (Å²) in [5.41, 5.74) is 10.1. The van der Waals surface area contributed by atoms with Crippen LogP contribution in [0.3, 0.4) is 0 Å². The van der Waals surface area contributed by atoms with Gasteiger partial charge in [0, 0.05) is 0 Å². The normalized spacial score (nSPS) is 15.1. The average Bonchev–Trinajstić information content (AvgIpc) is 2.57. The minimum atomic E-state index is -1.50. The zero-order valence-electron chi connectivity index (χ0n) is 15.1. The molecule has 0 spiro atoms. The topological polar surface area (TPSA) is 194 Å². The number of primary amides is 1. The van der Waals surface area contributed by atoms with Crippen LogP contribution in [0.1, 0.15) is 33.6 Å². The van der Waals surface area contributed by atoms with Crippen LogP contribution in [0.2, 0.25) is 0 Å². The van der Waals surface area contributed by atoms with Gasteiger partial charge in [-0.2, -0.15) is 0 Å². The summed E-state index contributed by atoms with van der Waals surface area (Å²) in [5.74, 6) is -4.58. The highest BCUT2D eigenvalue weighted by molar-refractivity contribution is 5.94. The predicted molar refractivity (Wildman–Crippen MR) is 91.4 cm³/mol. The lowest BCUT2D eigenvalue weighted by Crippen LogP contribution is -2.57. The first-order valence-electron chi connectivity index (χ1n) is 8.14. The molecule has 0 aromatic rings. The summed E-state index contributed by atoms with van der Waals surface area (Å²) in [6.07, 6.45) is -0.0688. The molecule has 0 radical (unpaired) electrons. The zero-order chi connectivity index (χ0) is 20.4. The van der Waals surface area contributed by atoms with Crippen molar-refractivity contribution in [2.45, 2.75) is 51.7 Å². The molecule has 0 bridgehead atoms. The quantitative estimate of drug-likeness (QED) is 0.229. The maximum absolute atomic E-state index is 12.4. The van der Waals surface area contributed by atoms with E-state index in [9.17, 15) is 24.0 Å². The lowest BCUT2D eigenvalue weighted by Gasteiger charge is -2.26. The van der Waals surface area contributed by atoms with Crippen molar-refractivity contribution in [3.8, 4) is 0 Å². The molecule has 4 atom stereocenters. The molecule has 0 rings (SSSR count). The molecule has 148 valence electrons. The number of nitrogens with one attached hydrogen (secondary N) is 3. The summed E-state index contributed by atoms with van der Waals surface area (Å²) >= 11 is 0. The Morgan fingerprint density at radius 1 is 1.00 bits per heavy atom. The monoisotopic (exact) mass is 373 g/mol. The summed E-state index contributed by atoms with van der Waals surface area (Å²) in [5, 5.41) is 16.1. The maximum atomic E-state index is 12.4. The highest BCUT2D eigenvalue weighted by Crippen LogP contribution is 2.09. The summed E-state index contributed by atoms with van der Waals surface area (Å²) in [6.45, 7) is 4.61. The molecule has 0 aliphatic rings. The van der Waals surface area contributed by atoms with Gasteiger partial charge in [0.1, 0.15) is 18.1 Å². The van der Waals surface area contributed by atoms with E-state index >= 15 is 0 Å². The van der Waals surface area contributed by atoms with E-state index in [1.54, 1.807) is 13.8 Å². The fourth-order valence-corrected chi connectivity index (χ4v) is 2.01. The number of hydrogen-bond acceptors (Lipinski definition) is 6. The number of carboxylic acid groups (broad SMARTS) is 1. The van der Waals surface area contributed by atoms with Gasteiger partial charge in [-0.05, 0) is 12.8 Å². The molecule has 11 nitrogen and oxygen atoms in total. The molecule has 0 saturated heterocycles. The molecule has 26 heavy (non-hydrogen) atoms. The Labute approximate surface area is 151 Å². The third kappa shape index (κ3) is 7.92. The Morgan fingerprint density at radius 2 is 1.58 bits per heavy atom. The number of carbonyl (C=O) groups excluding carboxylic acids is 4. The number of nitrogens with two attached hydrogens (primary N) is 2. The molecular weight excluding hydrogens is 346 g/mol. The summed E-state index contributed by atoms with van der Waals surface area (Å²) in [7, 11) is 0. The van der Waals surface area contributed by atoms with Crippen LogP contribution in [0, 0.1) is 5.92 Å². The van der Waals surface area contributed by atoms with Crippen molar-refractivity contribution in [2.75, 3.05) is 6.54 Å². The van der Waals surface area contributed by atoms with Crippen LogP contribution in [-0.2, 0) is 24.0 Å². The van der Waals surface area contributed by atoms with Crippen molar-refractivity contribution >= 4 is 29.6 Å². The number of carbonyl (C=O) groups is 5. The second-order valence-corrected chi connectivity index (χ2v) is 5.93. The van der Waals surface area contributed by atoms with Crippen LogP contribution in [0.15, 0.2) is 0 Å². The molecule has 0 fully saturated rings. The summed E-state index contributed by atoms with van der Waals surface area (Å²) < 4.78 is 0. The van der Waals surface area contributed by atoms with Gasteiger partial charge in [0.15, 0.2) is 0 Å². The molecule has 0 heterocycles. The number of carboxylic acids is 1. The Hall–Kier alpha value is -2.69. The van der Waals surface area contributed by atoms with Gasteiger partial charge in [-0.3, -0.25) is 19.2 Å². The Balaban J connectivity index is 5.15. The van der Waals surface area contributed by atoms with Gasteiger partial charge in [0.2, 0.25) is 23.6 Å². The SMILES string of the molecule is CCC(C)C(NC(=O)C(C)NC(=O)CN)C(=O)NC(CC(N)=O)C(=O)O. The molecule has 0 aromatic heterocycles. The van der Waals surface area contributed by atoms with Crippen molar-refractivity contribution in [1.29, 1.82) is 0 Å². The molecule has 0 aromatic carbocycles. The zero-order valence-corrected chi connectivity index (χ0v) is 15.1. The number of amides is 4. The minimum Gasteiger partial charge on any atom is -0.480 e. The number of rotatable bonds is 11. The number of aliphatic carboxylic acids is 1. The van der Waals surface area contributed by atoms with Gasteiger partial charge < -0.3 is 32.5 Å². The van der Waals surface area contributed by atoms with Gasteiger partial charge in [-0.25, -0.2) is 4.79 Å². The van der Waals surface area contributed by atoms with E-state index in [1.165, 1.54) is 6.92 Å². The van der Waals surface area contributed by atoms with E-state index < -0.39 is 54.1 Å². The third-order valence-electron chi connectivity index (χ3n) is 3.77. The molecule has 4 amide bonds. The Morgan fingerprint density at radius 3 is 2.00 bits per heavy atom. The van der Waals surface area contributed by atoms with E-state index in [1.807, 2.05) is 0 Å². The average molecular weight is 373 g/mol. The first-order chi connectivity index (χ1) is 12.0. The minimum absolute atomic E-state index is 0.291. The summed E-state index contributed by atoms with van der Waals surface area (Å²) in [6, 6.07) is -3.50. The lowest BCUT2D eigenvalue weighted by atomic mass is 9.97. The van der Waals surface area contributed by atoms with E-state index in [0.717, 1.165) is 0 Å². The van der Waals surface area contributed by atoms with Gasteiger partial charge in [0.05, 0.1) is 13.0 Å². The van der Waals surface area contributed by atoms with Crippen LogP contribution in [0.5, 0.6) is 0 Å². The first kappa shape index (κ1) is 23.3. The first-order valence-corrected chi connectivity index (χ1v) is 8.14. The molecule has 0 aliphatic heterocycles. The summed E-state index contributed by atoms with van der Waals surface area (Å²) in [4.78, 5) is 58.0. The van der Waals surface area contributed by atoms with Gasteiger partial charge in [-0.15, -0.1) is 0 Å². The standard InChI is InChI=1S/C15H27N5O6/c1-4-7(2)12(20-13(23)8(3)18-11(22)6-16)14(24)19-9(15(25)26)5-10(17)21/h7-9,12H,4-6,16H2,1-3H3,(H2,17,21)(H,18,22)(H,19,24)(H,20,23)(H,25,26). The second-order valence-electron chi connectivity index (χ2n) is 5.93. The molecule has 0 saturated carbocycles. The van der Waals surface area contributed by atoms with Gasteiger partial charge in [0.25, 0.3) is 0 Å². The lowest BCUT2D eigenvalue weighted by molar-refractivity contribution is -0.144. The van der Waals surface area contributed by atoms with E-state index in [0.29, 0.717) is 6.42 Å². The maximum Gasteiger partial charge on any atom is 0.326 e. The van der Waals surface area contributed by atoms with Crippen LogP contribution in [0.4, 0.5) is 0 Å². The van der Waals surface area contributed by atoms with Crippen molar-refractivity contribution in [3.05, 3.63) is 0 Å². The third-order valence-corrected chi connectivity index (χ3v) is 3.77. The molecule has 8 N–H and O–H groups in total. The van der Waals surface area contributed by atoms with Crippen LogP contribution in [0.25, 0.3) is 0 Å². The van der Waals surface area contributed by atoms with Crippen molar-refractivity contribution in [2.24, 2.45) is 17.4 Å². The van der Waals surface area contributed by atoms with Crippen LogP contribution in [-0.4, -0.2) is 59.4 Å². The van der Waals surface area contributed by atoms with Gasteiger partial charge >= 0.3 is 5.97 Å².